The molecule has 1 aliphatic rings. The second-order valence-corrected chi connectivity index (χ2v) is 6.96. The molecule has 0 aliphatic carbocycles. The number of hydrogen-bond donors (Lipinski definition) is 0. The maximum absolute atomic E-state index is 11.8. The Hall–Kier alpha value is -3.40. The Morgan fingerprint density at radius 1 is 0.844 bits per heavy atom. The van der Waals surface area contributed by atoms with E-state index in [1.165, 1.54) is 6.92 Å². The zero-order valence-electron chi connectivity index (χ0n) is 18.3. The molecule has 2 rings (SSSR count). The third-order valence-corrected chi connectivity index (χ3v) is 4.32. The van der Waals surface area contributed by atoms with Gasteiger partial charge in [-0.1, -0.05) is 24.8 Å². The number of esters is 4. The highest BCUT2D eigenvalue weighted by molar-refractivity contribution is 5.68. The van der Waals surface area contributed by atoms with E-state index in [2.05, 4.69) is 6.58 Å². The number of carbonyl (C=O) groups is 4. The van der Waals surface area contributed by atoms with Gasteiger partial charge < -0.3 is 28.4 Å². The van der Waals surface area contributed by atoms with E-state index in [9.17, 15) is 19.2 Å². The first kappa shape index (κ1) is 24.9. The van der Waals surface area contributed by atoms with Crippen molar-refractivity contribution in [2.24, 2.45) is 0 Å². The zero-order valence-corrected chi connectivity index (χ0v) is 18.3. The van der Waals surface area contributed by atoms with Gasteiger partial charge in [0.15, 0.2) is 12.2 Å². The van der Waals surface area contributed by atoms with Crippen molar-refractivity contribution < 1.29 is 47.6 Å². The number of carbonyl (C=O) groups excluding carboxylic acids is 4. The Kier molecular flexibility index (Phi) is 8.77. The molecule has 10 nitrogen and oxygen atoms in total. The third-order valence-electron chi connectivity index (χ3n) is 4.32. The standard InChI is InChI=1S/C22H26O10/c1-6-16-7-9-17(10-8-16)31-22-21(30-15(5)26)20(29-14(4)25)19(28-13(3)24)18(32-22)11-27-12(2)23/h6-10,18-22H,1,11H2,2-5H3/t18-,19-,20+,21-,22-/m1/s1. The fraction of sp³-hybridized carbons (Fsp3) is 0.455. The van der Waals surface area contributed by atoms with Crippen molar-refractivity contribution in [2.75, 3.05) is 6.61 Å². The molecule has 5 atom stereocenters. The molecule has 0 amide bonds. The monoisotopic (exact) mass is 450 g/mol. The van der Waals surface area contributed by atoms with Crippen LogP contribution in [-0.2, 0) is 42.9 Å². The highest BCUT2D eigenvalue weighted by Gasteiger charge is 2.53. The van der Waals surface area contributed by atoms with Crippen LogP contribution in [0.4, 0.5) is 0 Å². The van der Waals surface area contributed by atoms with Crippen LogP contribution in [0.25, 0.3) is 6.08 Å². The zero-order chi connectivity index (χ0) is 23.8. The molecule has 10 heteroatoms. The second-order valence-electron chi connectivity index (χ2n) is 6.96. The van der Waals surface area contributed by atoms with Crippen molar-refractivity contribution in [3.63, 3.8) is 0 Å². The SMILES string of the molecule is C=Cc1ccc(O[C@@H]2O[C@H](COC(C)=O)[C@@H](OC(C)=O)[C@H](OC(C)=O)[C@H]2OC(C)=O)cc1. The van der Waals surface area contributed by atoms with Gasteiger partial charge in [0.1, 0.15) is 18.5 Å². The van der Waals surface area contributed by atoms with Gasteiger partial charge in [-0.2, -0.15) is 0 Å². The first-order valence-corrected chi connectivity index (χ1v) is 9.80. The molecule has 0 aromatic heterocycles. The van der Waals surface area contributed by atoms with Crippen LogP contribution < -0.4 is 4.74 Å². The lowest BCUT2D eigenvalue weighted by molar-refractivity contribution is -0.288. The predicted molar refractivity (Wildman–Crippen MR) is 109 cm³/mol. The van der Waals surface area contributed by atoms with Gasteiger partial charge in [-0.25, -0.2) is 0 Å². The van der Waals surface area contributed by atoms with Crippen molar-refractivity contribution in [1.29, 1.82) is 0 Å². The lowest BCUT2D eigenvalue weighted by atomic mass is 9.98. The van der Waals surface area contributed by atoms with Crippen LogP contribution in [0.2, 0.25) is 0 Å². The molecule has 1 saturated heterocycles. The Morgan fingerprint density at radius 3 is 1.88 bits per heavy atom. The average Bonchev–Trinajstić information content (AvgIpc) is 2.70. The van der Waals surface area contributed by atoms with Crippen LogP contribution >= 0.6 is 0 Å². The van der Waals surface area contributed by atoms with Crippen molar-refractivity contribution in [2.45, 2.75) is 58.4 Å². The largest absolute Gasteiger partial charge is 0.463 e. The molecule has 32 heavy (non-hydrogen) atoms. The maximum Gasteiger partial charge on any atom is 0.303 e. The van der Waals surface area contributed by atoms with Gasteiger partial charge >= 0.3 is 23.9 Å². The summed E-state index contributed by atoms with van der Waals surface area (Å²) in [5, 5.41) is 0. The van der Waals surface area contributed by atoms with Crippen LogP contribution in [0.1, 0.15) is 33.3 Å². The topological polar surface area (TPSA) is 124 Å². The van der Waals surface area contributed by atoms with E-state index in [1.807, 2.05) is 0 Å². The van der Waals surface area contributed by atoms with Crippen LogP contribution in [-0.4, -0.2) is 61.2 Å². The Labute approximate surface area is 185 Å². The summed E-state index contributed by atoms with van der Waals surface area (Å²) >= 11 is 0. The minimum absolute atomic E-state index is 0.326. The summed E-state index contributed by atoms with van der Waals surface area (Å²) in [4.78, 5) is 46.6. The highest BCUT2D eigenvalue weighted by Crippen LogP contribution is 2.31. The van der Waals surface area contributed by atoms with Crippen molar-refractivity contribution >= 4 is 30.0 Å². The molecule has 174 valence electrons. The van der Waals surface area contributed by atoms with E-state index in [-0.39, 0.29) is 6.61 Å². The lowest BCUT2D eigenvalue weighted by Crippen LogP contribution is -2.63. The molecule has 0 spiro atoms. The van der Waals surface area contributed by atoms with E-state index in [0.717, 1.165) is 26.3 Å². The smallest absolute Gasteiger partial charge is 0.303 e. The Bertz CT molecular complexity index is 847. The van der Waals surface area contributed by atoms with E-state index >= 15 is 0 Å². The fourth-order valence-corrected chi connectivity index (χ4v) is 3.10. The van der Waals surface area contributed by atoms with Gasteiger partial charge in [-0.15, -0.1) is 0 Å². The van der Waals surface area contributed by atoms with E-state index < -0.39 is 54.6 Å². The summed E-state index contributed by atoms with van der Waals surface area (Å²) in [6.07, 6.45) is -4.50. The molecule has 0 bridgehead atoms. The van der Waals surface area contributed by atoms with Crippen molar-refractivity contribution in [1.82, 2.24) is 0 Å². The summed E-state index contributed by atoms with van der Waals surface area (Å²) in [6, 6.07) is 6.78. The summed E-state index contributed by atoms with van der Waals surface area (Å²) in [6.45, 7) is 8.01. The van der Waals surface area contributed by atoms with Crippen LogP contribution in [0.15, 0.2) is 30.8 Å². The second kappa shape index (κ2) is 11.3. The normalized spacial score (nSPS) is 24.6. The molecule has 1 aromatic carbocycles. The Balaban J connectivity index is 2.43. The quantitative estimate of drug-likeness (QED) is 0.428. The summed E-state index contributed by atoms with van der Waals surface area (Å²) in [5.41, 5.74) is 0.846. The van der Waals surface area contributed by atoms with Gasteiger partial charge in [0.2, 0.25) is 12.4 Å². The van der Waals surface area contributed by atoms with Gasteiger partial charge in [-0.3, -0.25) is 19.2 Å². The van der Waals surface area contributed by atoms with Crippen molar-refractivity contribution in [3.05, 3.63) is 36.4 Å². The highest BCUT2D eigenvalue weighted by atomic mass is 16.7. The minimum atomic E-state index is -1.29. The number of benzene rings is 1. The van der Waals surface area contributed by atoms with Crippen molar-refractivity contribution in [3.8, 4) is 5.75 Å². The Morgan fingerprint density at radius 2 is 1.38 bits per heavy atom. The first-order valence-electron chi connectivity index (χ1n) is 9.80. The van der Waals surface area contributed by atoms with Gasteiger partial charge in [0, 0.05) is 27.7 Å². The minimum Gasteiger partial charge on any atom is -0.463 e. The van der Waals surface area contributed by atoms with E-state index in [0.29, 0.717) is 5.75 Å². The molecular weight excluding hydrogens is 424 g/mol. The fourth-order valence-electron chi connectivity index (χ4n) is 3.10. The van der Waals surface area contributed by atoms with Gasteiger partial charge in [0.05, 0.1) is 0 Å². The molecule has 1 aromatic rings. The van der Waals surface area contributed by atoms with Crippen LogP contribution in [0.5, 0.6) is 5.75 Å². The summed E-state index contributed by atoms with van der Waals surface area (Å²) in [5.74, 6) is -2.36. The molecule has 0 saturated carbocycles. The molecular formula is C22H26O10. The van der Waals surface area contributed by atoms with Gasteiger partial charge in [0.25, 0.3) is 0 Å². The molecule has 1 aliphatic heterocycles. The third kappa shape index (κ3) is 7.09. The lowest BCUT2D eigenvalue weighted by Gasteiger charge is -2.43. The predicted octanol–water partition coefficient (Wildman–Crippen LogP) is 1.79. The van der Waals surface area contributed by atoms with Crippen LogP contribution in [0, 0.1) is 0 Å². The van der Waals surface area contributed by atoms with E-state index in [4.69, 9.17) is 28.4 Å². The van der Waals surface area contributed by atoms with E-state index in [1.54, 1.807) is 30.3 Å². The molecule has 0 unspecified atom stereocenters. The number of hydrogen-bond acceptors (Lipinski definition) is 10. The first-order chi connectivity index (χ1) is 15.1. The number of ether oxygens (including phenoxy) is 6. The maximum atomic E-state index is 11.8. The van der Waals surface area contributed by atoms with Crippen LogP contribution in [0.3, 0.4) is 0 Å². The molecule has 0 N–H and O–H groups in total. The van der Waals surface area contributed by atoms with Gasteiger partial charge in [-0.05, 0) is 17.7 Å². The molecule has 1 heterocycles. The molecule has 1 fully saturated rings. The average molecular weight is 450 g/mol. The summed E-state index contributed by atoms with van der Waals surface area (Å²) < 4.78 is 32.7. The number of rotatable bonds is 8. The molecule has 0 radical (unpaired) electrons. The summed E-state index contributed by atoms with van der Waals surface area (Å²) in [7, 11) is 0.